The van der Waals surface area contributed by atoms with Gasteiger partial charge in [-0.2, -0.15) is 0 Å². The fraction of sp³-hybridized carbons (Fsp3) is 0.188. The third-order valence-electron chi connectivity index (χ3n) is 3.08. The molecule has 0 fully saturated rings. The van der Waals surface area contributed by atoms with Crippen LogP contribution in [0.3, 0.4) is 0 Å². The van der Waals surface area contributed by atoms with Crippen LogP contribution in [0.2, 0.25) is 5.02 Å². The van der Waals surface area contributed by atoms with Gasteiger partial charge in [-0.3, -0.25) is 4.79 Å². The fourth-order valence-electron chi connectivity index (χ4n) is 2.00. The number of hydrogen-bond donors (Lipinski definition) is 2. The normalized spacial score (nSPS) is 11.8. The van der Waals surface area contributed by atoms with Crippen molar-refractivity contribution in [1.82, 2.24) is 5.32 Å². The molecule has 0 saturated carbocycles. The van der Waals surface area contributed by atoms with Crippen molar-refractivity contribution >= 4 is 23.2 Å². The van der Waals surface area contributed by atoms with Crippen molar-refractivity contribution in [2.75, 3.05) is 12.4 Å². The first-order valence-electron chi connectivity index (χ1n) is 6.44. The first-order valence-corrected chi connectivity index (χ1v) is 6.82. The molecule has 0 radical (unpaired) electrons. The van der Waals surface area contributed by atoms with Gasteiger partial charge in [0.25, 0.3) is 5.91 Å². The van der Waals surface area contributed by atoms with E-state index in [-0.39, 0.29) is 11.9 Å². The lowest BCUT2D eigenvalue weighted by atomic mass is 10.1. The number of benzene rings is 2. The molecule has 2 rings (SSSR count). The average molecular weight is 289 g/mol. The molecule has 1 amide bonds. The second-order valence-electron chi connectivity index (χ2n) is 4.58. The van der Waals surface area contributed by atoms with Crippen molar-refractivity contribution in [3.8, 4) is 0 Å². The molecule has 0 aliphatic rings. The molecular formula is C16H17ClN2O. The summed E-state index contributed by atoms with van der Waals surface area (Å²) in [7, 11) is 1.62. The summed E-state index contributed by atoms with van der Waals surface area (Å²) < 4.78 is 0. The minimum absolute atomic E-state index is 0.0935. The van der Waals surface area contributed by atoms with E-state index < -0.39 is 0 Å². The van der Waals surface area contributed by atoms with Gasteiger partial charge in [0.2, 0.25) is 0 Å². The Hall–Kier alpha value is -2.00. The molecule has 0 aromatic heterocycles. The van der Waals surface area contributed by atoms with Crippen LogP contribution in [0, 0.1) is 0 Å². The predicted molar refractivity (Wildman–Crippen MR) is 83.3 cm³/mol. The Morgan fingerprint density at radius 1 is 1.15 bits per heavy atom. The maximum absolute atomic E-state index is 11.6. The molecule has 2 aromatic carbocycles. The molecule has 0 spiro atoms. The van der Waals surface area contributed by atoms with Crippen LogP contribution in [0.4, 0.5) is 5.69 Å². The highest BCUT2D eigenvalue weighted by atomic mass is 35.5. The van der Waals surface area contributed by atoms with Gasteiger partial charge in [0.1, 0.15) is 0 Å². The minimum atomic E-state index is -0.0935. The van der Waals surface area contributed by atoms with E-state index in [1.54, 1.807) is 13.1 Å². The van der Waals surface area contributed by atoms with E-state index in [0.717, 1.165) is 16.3 Å². The molecule has 1 unspecified atom stereocenters. The Bertz CT molecular complexity index is 613. The molecular weight excluding hydrogens is 272 g/mol. The van der Waals surface area contributed by atoms with Crippen LogP contribution in [0.25, 0.3) is 0 Å². The highest BCUT2D eigenvalue weighted by molar-refractivity contribution is 6.30. The third-order valence-corrected chi connectivity index (χ3v) is 3.32. The van der Waals surface area contributed by atoms with Crippen molar-refractivity contribution < 1.29 is 4.79 Å². The summed E-state index contributed by atoms with van der Waals surface area (Å²) in [5, 5.41) is 6.70. The van der Waals surface area contributed by atoms with Crippen LogP contribution in [-0.4, -0.2) is 13.0 Å². The molecule has 104 valence electrons. The first-order chi connectivity index (χ1) is 9.60. The maximum Gasteiger partial charge on any atom is 0.251 e. The molecule has 0 aliphatic carbocycles. The van der Waals surface area contributed by atoms with Crippen LogP contribution in [-0.2, 0) is 0 Å². The average Bonchev–Trinajstić information content (AvgIpc) is 2.46. The lowest BCUT2D eigenvalue weighted by molar-refractivity contribution is 0.0963. The Balaban J connectivity index is 2.15. The van der Waals surface area contributed by atoms with E-state index in [1.807, 2.05) is 42.5 Å². The molecule has 3 nitrogen and oxygen atoms in total. The molecule has 2 N–H and O–H groups in total. The van der Waals surface area contributed by atoms with Crippen LogP contribution in [0.1, 0.15) is 28.9 Å². The van der Waals surface area contributed by atoms with Gasteiger partial charge < -0.3 is 10.6 Å². The lowest BCUT2D eigenvalue weighted by Crippen LogP contribution is -2.18. The molecule has 0 bridgehead atoms. The monoisotopic (exact) mass is 288 g/mol. The van der Waals surface area contributed by atoms with E-state index in [9.17, 15) is 4.79 Å². The highest BCUT2D eigenvalue weighted by Crippen LogP contribution is 2.22. The number of anilines is 1. The summed E-state index contributed by atoms with van der Waals surface area (Å²) in [6.07, 6.45) is 0. The number of nitrogens with one attached hydrogen (secondary N) is 2. The van der Waals surface area contributed by atoms with Crippen LogP contribution >= 0.6 is 11.6 Å². The quantitative estimate of drug-likeness (QED) is 0.896. The third kappa shape index (κ3) is 3.52. The summed E-state index contributed by atoms with van der Waals surface area (Å²) >= 11 is 6.00. The molecule has 0 saturated heterocycles. The Morgan fingerprint density at radius 3 is 2.60 bits per heavy atom. The second-order valence-corrected chi connectivity index (χ2v) is 5.02. The van der Waals surface area contributed by atoms with Gasteiger partial charge in [-0.15, -0.1) is 0 Å². The van der Waals surface area contributed by atoms with E-state index in [0.29, 0.717) is 5.56 Å². The summed E-state index contributed by atoms with van der Waals surface area (Å²) in [5.74, 6) is -0.0935. The maximum atomic E-state index is 11.6. The smallest absolute Gasteiger partial charge is 0.251 e. The highest BCUT2D eigenvalue weighted by Gasteiger charge is 2.08. The van der Waals surface area contributed by atoms with E-state index in [1.165, 1.54) is 0 Å². The molecule has 2 aromatic rings. The van der Waals surface area contributed by atoms with Crippen LogP contribution < -0.4 is 10.6 Å². The summed E-state index contributed by atoms with van der Waals surface area (Å²) in [5.41, 5.74) is 2.64. The zero-order chi connectivity index (χ0) is 14.5. The van der Waals surface area contributed by atoms with Gasteiger partial charge in [-0.05, 0) is 42.8 Å². The van der Waals surface area contributed by atoms with Gasteiger partial charge in [0.05, 0.1) is 0 Å². The van der Waals surface area contributed by atoms with Crippen molar-refractivity contribution in [1.29, 1.82) is 0 Å². The number of rotatable bonds is 4. The van der Waals surface area contributed by atoms with Gasteiger partial charge in [-0.25, -0.2) is 0 Å². The number of amides is 1. The van der Waals surface area contributed by atoms with Gasteiger partial charge in [0.15, 0.2) is 0 Å². The summed E-state index contributed by atoms with van der Waals surface area (Å²) in [6, 6.07) is 15.3. The van der Waals surface area contributed by atoms with Gasteiger partial charge >= 0.3 is 0 Å². The van der Waals surface area contributed by atoms with Crippen LogP contribution in [0.15, 0.2) is 48.5 Å². The fourth-order valence-corrected chi connectivity index (χ4v) is 2.20. The van der Waals surface area contributed by atoms with Crippen molar-refractivity contribution in [2.24, 2.45) is 0 Å². The summed E-state index contributed by atoms with van der Waals surface area (Å²) in [6.45, 7) is 2.05. The number of carbonyl (C=O) groups is 1. The zero-order valence-corrected chi connectivity index (χ0v) is 12.2. The van der Waals surface area contributed by atoms with E-state index in [2.05, 4.69) is 17.6 Å². The summed E-state index contributed by atoms with van der Waals surface area (Å²) in [4.78, 5) is 11.6. The van der Waals surface area contributed by atoms with Crippen molar-refractivity contribution in [3.63, 3.8) is 0 Å². The molecule has 4 heteroatoms. The second kappa shape index (κ2) is 6.44. The van der Waals surface area contributed by atoms with E-state index >= 15 is 0 Å². The lowest BCUT2D eigenvalue weighted by Gasteiger charge is -2.16. The van der Waals surface area contributed by atoms with Crippen LogP contribution in [0.5, 0.6) is 0 Å². The number of hydrogen-bond acceptors (Lipinski definition) is 2. The minimum Gasteiger partial charge on any atom is -0.379 e. The zero-order valence-electron chi connectivity index (χ0n) is 11.5. The first kappa shape index (κ1) is 14.4. The largest absolute Gasteiger partial charge is 0.379 e. The molecule has 0 aliphatic heterocycles. The van der Waals surface area contributed by atoms with E-state index in [4.69, 9.17) is 11.6 Å². The number of carbonyl (C=O) groups excluding carboxylic acids is 1. The Kier molecular flexibility index (Phi) is 4.64. The SMILES string of the molecule is CNC(=O)c1cccc(NC(C)c2cccc(Cl)c2)c1. The molecule has 20 heavy (non-hydrogen) atoms. The van der Waals surface area contributed by atoms with Gasteiger partial charge in [-0.1, -0.05) is 29.8 Å². The Labute approximate surface area is 124 Å². The molecule has 1 atom stereocenters. The molecule has 0 heterocycles. The Morgan fingerprint density at radius 2 is 1.90 bits per heavy atom. The van der Waals surface area contributed by atoms with Crippen molar-refractivity contribution in [2.45, 2.75) is 13.0 Å². The number of halogens is 1. The predicted octanol–water partition coefficient (Wildman–Crippen LogP) is 3.87. The van der Waals surface area contributed by atoms with Gasteiger partial charge in [0, 0.05) is 29.4 Å². The standard InChI is InChI=1S/C16H17ClN2O/c1-11(12-5-3-7-14(17)9-12)19-15-8-4-6-13(10-15)16(20)18-2/h3-11,19H,1-2H3,(H,18,20). The van der Waals surface area contributed by atoms with Crippen molar-refractivity contribution in [3.05, 3.63) is 64.7 Å². The topological polar surface area (TPSA) is 41.1 Å².